The zero-order valence-electron chi connectivity index (χ0n) is 20.5. The lowest BCUT2D eigenvalue weighted by molar-refractivity contribution is -0.122. The largest absolute Gasteiger partial charge is 0.462 e. The van der Waals surface area contributed by atoms with Crippen molar-refractivity contribution in [3.63, 3.8) is 0 Å². The summed E-state index contributed by atoms with van der Waals surface area (Å²) in [5.41, 5.74) is 1.07. The highest BCUT2D eigenvalue weighted by Crippen LogP contribution is 2.43. The molecule has 1 N–H and O–H groups in total. The minimum absolute atomic E-state index is 0.0751. The highest BCUT2D eigenvalue weighted by molar-refractivity contribution is 6.31. The van der Waals surface area contributed by atoms with Crippen molar-refractivity contribution in [1.82, 2.24) is 0 Å². The summed E-state index contributed by atoms with van der Waals surface area (Å²) >= 11 is 12.5. The van der Waals surface area contributed by atoms with Gasteiger partial charge < -0.3 is 14.8 Å². The molecular formula is C27H26Cl2N2O7. The second kappa shape index (κ2) is 12.0. The summed E-state index contributed by atoms with van der Waals surface area (Å²) < 4.78 is 10.2. The zero-order valence-corrected chi connectivity index (χ0v) is 22.0. The lowest BCUT2D eigenvalue weighted by Gasteiger charge is -2.28. The number of amides is 3. The summed E-state index contributed by atoms with van der Waals surface area (Å²) in [6.45, 7) is 1.65. The maximum atomic E-state index is 13.0. The second-order valence-electron chi connectivity index (χ2n) is 9.12. The van der Waals surface area contributed by atoms with E-state index in [0.717, 1.165) is 4.90 Å². The molecule has 2 aliphatic rings. The highest BCUT2D eigenvalue weighted by atomic mass is 35.5. The fourth-order valence-electron chi connectivity index (χ4n) is 4.50. The van der Waals surface area contributed by atoms with Crippen LogP contribution in [0, 0.1) is 11.8 Å². The Morgan fingerprint density at radius 2 is 1.50 bits per heavy atom. The third kappa shape index (κ3) is 6.00. The Morgan fingerprint density at radius 3 is 2.11 bits per heavy atom. The third-order valence-corrected chi connectivity index (χ3v) is 7.52. The summed E-state index contributed by atoms with van der Waals surface area (Å²) in [7, 11) is 0. The fourth-order valence-corrected chi connectivity index (χ4v) is 5.09. The third-order valence-electron chi connectivity index (χ3n) is 6.43. The number of carbonyl (C=O) groups is 5. The number of carbonyl (C=O) groups excluding carboxylic acids is 5. The van der Waals surface area contributed by atoms with Gasteiger partial charge in [0.15, 0.2) is 6.61 Å². The van der Waals surface area contributed by atoms with Crippen molar-refractivity contribution < 1.29 is 33.4 Å². The van der Waals surface area contributed by atoms with E-state index in [9.17, 15) is 24.0 Å². The molecule has 11 heteroatoms. The Kier molecular flexibility index (Phi) is 8.69. The molecule has 1 aliphatic heterocycles. The van der Waals surface area contributed by atoms with Crippen molar-refractivity contribution in [2.45, 2.75) is 36.9 Å². The van der Waals surface area contributed by atoms with Gasteiger partial charge in [-0.2, -0.15) is 0 Å². The van der Waals surface area contributed by atoms with Gasteiger partial charge in [0.25, 0.3) is 5.91 Å². The summed E-state index contributed by atoms with van der Waals surface area (Å²) in [4.78, 5) is 63.8. The van der Waals surface area contributed by atoms with E-state index >= 15 is 0 Å². The number of hydrogen-bond donors (Lipinski definition) is 1. The molecule has 4 rings (SSSR count). The molecule has 1 aliphatic carbocycles. The van der Waals surface area contributed by atoms with Crippen LogP contribution >= 0.6 is 23.2 Å². The van der Waals surface area contributed by atoms with Crippen LogP contribution in [0.4, 0.5) is 11.4 Å². The summed E-state index contributed by atoms with van der Waals surface area (Å²) in [5.74, 6) is -3.67. The maximum absolute atomic E-state index is 13.0. The quantitative estimate of drug-likeness (QED) is 0.292. The van der Waals surface area contributed by atoms with E-state index in [4.69, 9.17) is 32.7 Å². The van der Waals surface area contributed by atoms with Crippen LogP contribution in [0.1, 0.15) is 46.9 Å². The molecular weight excluding hydrogens is 535 g/mol. The van der Waals surface area contributed by atoms with E-state index in [1.165, 1.54) is 42.5 Å². The number of alkyl halides is 2. The first-order chi connectivity index (χ1) is 18.2. The van der Waals surface area contributed by atoms with Gasteiger partial charge in [-0.3, -0.25) is 19.3 Å². The smallest absolute Gasteiger partial charge is 0.338 e. The lowest BCUT2D eigenvalue weighted by Crippen LogP contribution is -2.34. The predicted octanol–water partition coefficient (Wildman–Crippen LogP) is 4.16. The Balaban J connectivity index is 1.34. The molecule has 4 atom stereocenters. The number of benzene rings is 2. The second-order valence-corrected chi connectivity index (χ2v) is 10.2. The van der Waals surface area contributed by atoms with Gasteiger partial charge in [0, 0.05) is 5.69 Å². The number of nitrogens with one attached hydrogen (secondary N) is 1. The summed E-state index contributed by atoms with van der Waals surface area (Å²) in [6, 6.07) is 12.0. The molecule has 1 heterocycles. The first-order valence-corrected chi connectivity index (χ1v) is 13.1. The van der Waals surface area contributed by atoms with Gasteiger partial charge in [-0.25, -0.2) is 9.59 Å². The minimum Gasteiger partial charge on any atom is -0.462 e. The number of halogens is 2. The normalized spacial score (nSPS) is 22.6. The number of esters is 2. The number of nitrogens with zero attached hydrogens (tertiary/aromatic N) is 1. The van der Waals surface area contributed by atoms with Crippen LogP contribution in [0.2, 0.25) is 0 Å². The van der Waals surface area contributed by atoms with Gasteiger partial charge in [0.1, 0.15) is 0 Å². The van der Waals surface area contributed by atoms with Crippen molar-refractivity contribution in [3.05, 3.63) is 59.7 Å². The summed E-state index contributed by atoms with van der Waals surface area (Å²) in [5, 5.41) is 1.77. The lowest BCUT2D eigenvalue weighted by atomic mass is 9.80. The molecule has 3 amide bonds. The SMILES string of the molecule is CCCOC(=O)c1ccc(NC(=O)COC(=O)c2cccc(N3C(=O)[C@@H]4C[C@@H](Cl)[C@@H](Cl)C[C@H]4C3=O)c2)cc1. The topological polar surface area (TPSA) is 119 Å². The predicted molar refractivity (Wildman–Crippen MR) is 140 cm³/mol. The van der Waals surface area contributed by atoms with Crippen LogP contribution in [0.5, 0.6) is 0 Å². The number of rotatable bonds is 8. The molecule has 2 aromatic rings. The van der Waals surface area contributed by atoms with Crippen LogP contribution in [0.25, 0.3) is 0 Å². The summed E-state index contributed by atoms with van der Waals surface area (Å²) in [6.07, 6.45) is 1.33. The van der Waals surface area contributed by atoms with Gasteiger partial charge in [0.05, 0.1) is 46.0 Å². The van der Waals surface area contributed by atoms with Crippen molar-refractivity contribution in [2.75, 3.05) is 23.4 Å². The van der Waals surface area contributed by atoms with Crippen LogP contribution in [-0.2, 0) is 23.9 Å². The van der Waals surface area contributed by atoms with Gasteiger partial charge in [0.2, 0.25) is 11.8 Å². The molecule has 38 heavy (non-hydrogen) atoms. The number of imide groups is 1. The molecule has 2 fully saturated rings. The molecule has 200 valence electrons. The minimum atomic E-state index is -0.797. The first-order valence-electron chi connectivity index (χ1n) is 12.2. The first kappa shape index (κ1) is 27.6. The Morgan fingerprint density at radius 1 is 0.895 bits per heavy atom. The molecule has 0 radical (unpaired) electrons. The Labute approximate surface area is 229 Å². The van der Waals surface area contributed by atoms with E-state index in [1.807, 2.05) is 6.92 Å². The monoisotopic (exact) mass is 560 g/mol. The van der Waals surface area contributed by atoms with Crippen LogP contribution in [-0.4, -0.2) is 53.6 Å². The molecule has 1 saturated heterocycles. The number of ether oxygens (including phenoxy) is 2. The molecule has 0 bridgehead atoms. The average Bonchev–Trinajstić information content (AvgIpc) is 3.15. The van der Waals surface area contributed by atoms with Crippen LogP contribution in [0.15, 0.2) is 48.5 Å². The molecule has 1 saturated carbocycles. The zero-order chi connectivity index (χ0) is 27.4. The van der Waals surface area contributed by atoms with E-state index in [1.54, 1.807) is 6.07 Å². The van der Waals surface area contributed by atoms with Crippen molar-refractivity contribution >= 4 is 64.2 Å². The molecule has 9 nitrogen and oxygen atoms in total. The Bertz CT molecular complexity index is 1220. The number of hydrogen-bond acceptors (Lipinski definition) is 7. The molecule has 0 aromatic heterocycles. The van der Waals surface area contributed by atoms with Gasteiger partial charge in [-0.05, 0) is 61.7 Å². The number of anilines is 2. The van der Waals surface area contributed by atoms with Crippen molar-refractivity contribution in [1.29, 1.82) is 0 Å². The van der Waals surface area contributed by atoms with Crippen LogP contribution < -0.4 is 10.2 Å². The van der Waals surface area contributed by atoms with E-state index in [2.05, 4.69) is 5.32 Å². The Hall–Kier alpha value is -3.43. The van der Waals surface area contributed by atoms with E-state index in [-0.39, 0.29) is 23.1 Å². The highest BCUT2D eigenvalue weighted by Gasteiger charge is 2.52. The molecule has 2 aromatic carbocycles. The van der Waals surface area contributed by atoms with E-state index in [0.29, 0.717) is 37.1 Å². The van der Waals surface area contributed by atoms with E-state index < -0.39 is 47.0 Å². The maximum Gasteiger partial charge on any atom is 0.338 e. The fraction of sp³-hybridized carbons (Fsp3) is 0.370. The van der Waals surface area contributed by atoms with Gasteiger partial charge >= 0.3 is 11.9 Å². The number of fused-ring (bicyclic) bond motifs is 1. The van der Waals surface area contributed by atoms with Gasteiger partial charge in [-0.1, -0.05) is 13.0 Å². The standard InChI is InChI=1S/C27H26Cl2N2O7/c1-2-10-37-26(35)15-6-8-17(9-7-15)30-23(32)14-38-27(36)16-4-3-5-18(11-16)31-24(33)19-12-21(28)22(29)13-20(19)25(31)34/h3-9,11,19-22H,2,10,12-14H2,1H3,(H,30,32)/t19-,20-,21-,22+/m1/s1. The average molecular weight is 561 g/mol. The van der Waals surface area contributed by atoms with Crippen molar-refractivity contribution in [3.8, 4) is 0 Å². The van der Waals surface area contributed by atoms with Gasteiger partial charge in [-0.15, -0.1) is 23.2 Å². The molecule has 0 spiro atoms. The molecule has 0 unspecified atom stereocenters. The van der Waals surface area contributed by atoms with Crippen LogP contribution in [0.3, 0.4) is 0 Å². The van der Waals surface area contributed by atoms with Crippen molar-refractivity contribution in [2.24, 2.45) is 11.8 Å².